The maximum atomic E-state index is 13.9. The van der Waals surface area contributed by atoms with Crippen molar-refractivity contribution in [3.8, 4) is 11.1 Å². The van der Waals surface area contributed by atoms with Crippen molar-refractivity contribution in [3.63, 3.8) is 0 Å². The number of nitrogens with one attached hydrogen (secondary N) is 1. The number of nitrogens with zero attached hydrogens (tertiary/aromatic N) is 3. The summed E-state index contributed by atoms with van der Waals surface area (Å²) in [6, 6.07) is 36.3. The maximum absolute atomic E-state index is 13.9. The van der Waals surface area contributed by atoms with Gasteiger partial charge >= 0.3 is 24.0 Å². The summed E-state index contributed by atoms with van der Waals surface area (Å²) in [5.41, 5.74) is 1.62. The molecule has 2 aromatic heterocycles. The standard InChI is InChI=1S/C47H39ClN4O9/c1-47(2,3)61-46(56)51-35-24-32-22-14-13-21-31(32)23-33(35)34-25-52(41-37(34)40(48)49-27-50-41)42-39(60-45(55)30-19-11-6-12-20-30)38(59-44(54)29-17-9-5-10-18-29)36(58-42)26-57-43(53)28-15-7-4-8-16-28/h4-25,27,36,38-39,42H,26H2,1-3H3,(H,51,56)/t36-,38-,39-,42-/m1/s1. The van der Waals surface area contributed by atoms with Crippen LogP contribution in [0.2, 0.25) is 5.15 Å². The predicted molar refractivity (Wildman–Crippen MR) is 227 cm³/mol. The second kappa shape index (κ2) is 17.3. The highest BCUT2D eigenvalue weighted by Gasteiger charge is 2.52. The molecule has 3 heterocycles. The summed E-state index contributed by atoms with van der Waals surface area (Å²) < 4.78 is 32.1. The average molecular weight is 839 g/mol. The average Bonchev–Trinajstić information content (AvgIpc) is 3.81. The molecule has 0 saturated carbocycles. The van der Waals surface area contributed by atoms with Gasteiger partial charge in [0, 0.05) is 17.3 Å². The van der Waals surface area contributed by atoms with Crippen LogP contribution in [0, 0.1) is 0 Å². The molecule has 0 aliphatic carbocycles. The first kappa shape index (κ1) is 40.7. The van der Waals surface area contributed by atoms with Crippen LogP contribution in [0.5, 0.6) is 0 Å². The highest BCUT2D eigenvalue weighted by atomic mass is 35.5. The fourth-order valence-electron chi connectivity index (χ4n) is 7.11. The lowest BCUT2D eigenvalue weighted by atomic mass is 9.99. The van der Waals surface area contributed by atoms with E-state index in [4.69, 9.17) is 35.3 Å². The van der Waals surface area contributed by atoms with Crippen LogP contribution in [-0.2, 0) is 23.7 Å². The third kappa shape index (κ3) is 8.93. The number of carbonyl (C=O) groups excluding carboxylic acids is 4. The molecule has 1 aliphatic rings. The Bertz CT molecular complexity index is 2740. The number of fused-ring (bicyclic) bond motifs is 2. The summed E-state index contributed by atoms with van der Waals surface area (Å²) in [5.74, 6) is -2.11. The van der Waals surface area contributed by atoms with Crippen molar-refractivity contribution >= 4 is 63.1 Å². The number of anilines is 1. The smallest absolute Gasteiger partial charge is 0.412 e. The van der Waals surface area contributed by atoms with Crippen molar-refractivity contribution in [1.29, 1.82) is 0 Å². The minimum absolute atomic E-state index is 0.0753. The lowest BCUT2D eigenvalue weighted by Gasteiger charge is -2.25. The monoisotopic (exact) mass is 838 g/mol. The Hall–Kier alpha value is -7.09. The van der Waals surface area contributed by atoms with E-state index < -0.39 is 60.7 Å². The van der Waals surface area contributed by atoms with Gasteiger partial charge in [0.05, 0.1) is 27.8 Å². The third-order valence-corrected chi connectivity index (χ3v) is 10.1. The van der Waals surface area contributed by atoms with Gasteiger partial charge < -0.3 is 28.3 Å². The van der Waals surface area contributed by atoms with E-state index >= 15 is 0 Å². The molecule has 1 aliphatic heterocycles. The fraction of sp³-hybridized carbons (Fsp3) is 0.191. The number of esters is 3. The van der Waals surface area contributed by atoms with Crippen LogP contribution < -0.4 is 5.32 Å². The van der Waals surface area contributed by atoms with E-state index in [-0.39, 0.29) is 21.9 Å². The maximum Gasteiger partial charge on any atom is 0.412 e. The summed E-state index contributed by atoms with van der Waals surface area (Å²) in [6.07, 6.45) is -2.81. The second-order valence-electron chi connectivity index (χ2n) is 15.2. The summed E-state index contributed by atoms with van der Waals surface area (Å²) in [6.45, 7) is 4.90. The first-order valence-electron chi connectivity index (χ1n) is 19.4. The SMILES string of the molecule is CC(C)(C)OC(=O)Nc1cc2ccccc2cc1-c1cn([C@@H]2O[C@H](COC(=O)c3ccccc3)[C@@H](OC(=O)c3ccccc3)[C@H]2OC(=O)c2ccccc2)c2ncnc(Cl)c12. The van der Waals surface area contributed by atoms with Gasteiger partial charge in [-0.1, -0.05) is 90.5 Å². The third-order valence-electron chi connectivity index (χ3n) is 9.83. The van der Waals surface area contributed by atoms with Crippen LogP contribution in [0.3, 0.4) is 0 Å². The van der Waals surface area contributed by atoms with Gasteiger partial charge in [-0.15, -0.1) is 0 Å². The van der Waals surface area contributed by atoms with Crippen molar-refractivity contribution in [2.24, 2.45) is 0 Å². The zero-order chi connectivity index (χ0) is 42.7. The van der Waals surface area contributed by atoms with Gasteiger partial charge in [0.15, 0.2) is 18.4 Å². The van der Waals surface area contributed by atoms with Crippen LogP contribution in [0.1, 0.15) is 58.1 Å². The Labute approximate surface area is 355 Å². The fourth-order valence-corrected chi connectivity index (χ4v) is 7.34. The number of hydrogen-bond acceptors (Lipinski definition) is 11. The van der Waals surface area contributed by atoms with Crippen LogP contribution in [0.25, 0.3) is 32.9 Å². The molecule has 0 radical (unpaired) electrons. The molecule has 4 atom stereocenters. The Morgan fingerprint density at radius 1 is 0.705 bits per heavy atom. The van der Waals surface area contributed by atoms with Crippen molar-refractivity contribution in [1.82, 2.24) is 14.5 Å². The molecule has 1 amide bonds. The number of aromatic nitrogens is 3. The van der Waals surface area contributed by atoms with Gasteiger partial charge in [-0.2, -0.15) is 0 Å². The van der Waals surface area contributed by atoms with Gasteiger partial charge in [0.1, 0.15) is 35.4 Å². The van der Waals surface area contributed by atoms with E-state index in [2.05, 4.69) is 15.3 Å². The summed E-state index contributed by atoms with van der Waals surface area (Å²) in [4.78, 5) is 63.2. The first-order valence-corrected chi connectivity index (χ1v) is 19.8. The van der Waals surface area contributed by atoms with E-state index in [9.17, 15) is 19.2 Å². The summed E-state index contributed by atoms with van der Waals surface area (Å²) in [7, 11) is 0. The summed E-state index contributed by atoms with van der Waals surface area (Å²) >= 11 is 6.90. The van der Waals surface area contributed by atoms with Gasteiger partial charge in [-0.25, -0.2) is 29.1 Å². The zero-order valence-electron chi connectivity index (χ0n) is 33.2. The molecule has 0 bridgehead atoms. The molecular formula is C47H39ClN4O9. The van der Waals surface area contributed by atoms with Crippen LogP contribution in [0.4, 0.5) is 10.5 Å². The van der Waals surface area contributed by atoms with Gasteiger partial charge in [-0.3, -0.25) is 5.32 Å². The highest BCUT2D eigenvalue weighted by Crippen LogP contribution is 2.44. The largest absolute Gasteiger partial charge is 0.459 e. The van der Waals surface area contributed by atoms with E-state index in [1.165, 1.54) is 6.33 Å². The molecule has 1 fully saturated rings. The molecule has 308 valence electrons. The first-order chi connectivity index (χ1) is 29.4. The minimum Gasteiger partial charge on any atom is -0.459 e. The van der Waals surface area contributed by atoms with Crippen LogP contribution in [-0.4, -0.2) is 69.1 Å². The number of hydrogen-bond donors (Lipinski definition) is 1. The number of halogens is 1. The van der Waals surface area contributed by atoms with E-state index in [0.29, 0.717) is 27.8 Å². The Balaban J connectivity index is 1.27. The van der Waals surface area contributed by atoms with Gasteiger partial charge in [0.2, 0.25) is 0 Å². The number of amides is 1. The summed E-state index contributed by atoms with van der Waals surface area (Å²) in [5, 5.41) is 5.04. The van der Waals surface area contributed by atoms with Crippen LogP contribution >= 0.6 is 11.6 Å². The molecule has 1 N–H and O–H groups in total. The minimum atomic E-state index is -1.35. The van der Waals surface area contributed by atoms with Crippen molar-refractivity contribution in [3.05, 3.63) is 162 Å². The molecule has 13 nitrogen and oxygen atoms in total. The van der Waals surface area contributed by atoms with E-state index in [0.717, 1.165) is 10.8 Å². The second-order valence-corrected chi connectivity index (χ2v) is 15.5. The van der Waals surface area contributed by atoms with E-state index in [1.807, 2.05) is 36.4 Å². The number of carbonyl (C=O) groups is 4. The molecule has 14 heteroatoms. The Morgan fingerprint density at radius 2 is 1.25 bits per heavy atom. The molecule has 0 unspecified atom stereocenters. The van der Waals surface area contributed by atoms with Crippen molar-refractivity contribution in [2.45, 2.75) is 50.9 Å². The number of benzene rings is 5. The van der Waals surface area contributed by atoms with Crippen molar-refractivity contribution in [2.75, 3.05) is 11.9 Å². The quantitative estimate of drug-likeness (QED) is 0.0795. The molecule has 7 aromatic rings. The Morgan fingerprint density at radius 3 is 1.84 bits per heavy atom. The molecule has 1 saturated heterocycles. The molecule has 0 spiro atoms. The van der Waals surface area contributed by atoms with Gasteiger partial charge in [0.25, 0.3) is 0 Å². The van der Waals surface area contributed by atoms with Crippen molar-refractivity contribution < 1.29 is 42.9 Å². The molecular weight excluding hydrogens is 800 g/mol. The topological polar surface area (TPSA) is 157 Å². The zero-order valence-corrected chi connectivity index (χ0v) is 33.9. The highest BCUT2D eigenvalue weighted by molar-refractivity contribution is 6.35. The molecule has 8 rings (SSSR count). The van der Waals surface area contributed by atoms with E-state index in [1.54, 1.807) is 123 Å². The number of rotatable bonds is 10. The van der Waals surface area contributed by atoms with Crippen LogP contribution in [0.15, 0.2) is 140 Å². The molecule has 61 heavy (non-hydrogen) atoms. The lowest BCUT2D eigenvalue weighted by molar-refractivity contribution is -0.0604. The lowest BCUT2D eigenvalue weighted by Crippen LogP contribution is -2.41. The Kier molecular flexibility index (Phi) is 11.5. The molecule has 5 aromatic carbocycles. The normalized spacial score (nSPS) is 17.4. The predicted octanol–water partition coefficient (Wildman–Crippen LogP) is 9.46. The van der Waals surface area contributed by atoms with Gasteiger partial charge in [-0.05, 0) is 80.1 Å². The number of ether oxygens (including phenoxy) is 5.